The summed E-state index contributed by atoms with van der Waals surface area (Å²) in [6.07, 6.45) is -15.5. The highest BCUT2D eigenvalue weighted by Gasteiger charge is 2.50. The largest absolute Gasteiger partial charge is 0.508 e. The van der Waals surface area contributed by atoms with Gasteiger partial charge in [-0.1, -0.05) is 0 Å². The number of ether oxygens (including phenoxy) is 4. The van der Waals surface area contributed by atoms with Crippen LogP contribution in [0.25, 0.3) is 22.3 Å². The van der Waals surface area contributed by atoms with E-state index in [1.54, 1.807) is 0 Å². The Morgan fingerprint density at radius 2 is 1.47 bits per heavy atom. The molecule has 0 radical (unpaired) electrons. The van der Waals surface area contributed by atoms with Gasteiger partial charge in [-0.15, -0.1) is 0 Å². The Morgan fingerprint density at radius 1 is 0.814 bits per heavy atom. The lowest BCUT2D eigenvalue weighted by atomic mass is 10.1. The summed E-state index contributed by atoms with van der Waals surface area (Å²) in [6.45, 7) is 0.689. The molecule has 0 spiro atoms. The Labute approximate surface area is 241 Å². The molecular formula is C27H30O16. The van der Waals surface area contributed by atoms with Crippen LogP contribution in [0.5, 0.6) is 28.7 Å². The number of aromatic hydroxyl groups is 4. The standard InChI is InChI=1S/C27H30O16/c1-8(28)22-18(35)20(37)26(41-22)39-7-14(33)24-19(36)21(38)27(42-24)43-25-17(34)16-13(32)5-10(29)6-15(16)40-23(25)9-2-3-11(30)12(31)4-9/h2-6,8,14,18-22,24,26-33,35-38H,7H2,1H3/t8-,14+,18-,19+,20-,21-,22-,24+,26-,27-/m1/s1. The maximum absolute atomic E-state index is 13.5. The zero-order valence-corrected chi connectivity index (χ0v) is 22.3. The number of phenols is 4. The number of rotatable bonds is 8. The van der Waals surface area contributed by atoms with Gasteiger partial charge >= 0.3 is 0 Å². The first-order valence-electron chi connectivity index (χ1n) is 13.0. The SMILES string of the molecule is C[C@@H](O)[C@H]1O[C@@H](OC[C@H](O)[C@@H]2O[C@H](Oc3c(-c4ccc(O)c(O)c4)oc4cc(O)cc(O)c4c3=O)[C@H](O)[C@@H]2O)[C@H](O)[C@H]1O. The predicted molar refractivity (Wildman–Crippen MR) is 140 cm³/mol. The minimum Gasteiger partial charge on any atom is -0.508 e. The van der Waals surface area contributed by atoms with E-state index in [1.807, 2.05) is 0 Å². The number of hydrogen-bond donors (Lipinski definition) is 10. The van der Waals surface area contributed by atoms with Crippen molar-refractivity contribution in [3.63, 3.8) is 0 Å². The molecule has 3 heterocycles. The van der Waals surface area contributed by atoms with Crippen LogP contribution in [0.2, 0.25) is 0 Å². The average molecular weight is 611 g/mol. The van der Waals surface area contributed by atoms with E-state index in [9.17, 15) is 55.9 Å². The summed E-state index contributed by atoms with van der Waals surface area (Å²) in [4.78, 5) is 13.5. The Kier molecular flexibility index (Phi) is 8.41. The third-order valence-corrected chi connectivity index (χ3v) is 7.19. The van der Waals surface area contributed by atoms with Crippen molar-refractivity contribution < 1.29 is 74.4 Å². The fourth-order valence-electron chi connectivity index (χ4n) is 4.93. The second kappa shape index (κ2) is 11.8. The summed E-state index contributed by atoms with van der Waals surface area (Å²) in [5.74, 6) is -3.25. The van der Waals surface area contributed by atoms with Gasteiger partial charge in [0.25, 0.3) is 0 Å². The molecule has 0 amide bonds. The van der Waals surface area contributed by atoms with Crippen LogP contribution in [-0.2, 0) is 14.2 Å². The highest BCUT2D eigenvalue weighted by molar-refractivity contribution is 5.88. The van der Waals surface area contributed by atoms with E-state index in [1.165, 1.54) is 13.0 Å². The smallest absolute Gasteiger partial charge is 0.239 e. The second-order valence-corrected chi connectivity index (χ2v) is 10.3. The van der Waals surface area contributed by atoms with Gasteiger partial charge in [0.15, 0.2) is 23.5 Å². The molecule has 16 heteroatoms. The summed E-state index contributed by atoms with van der Waals surface area (Å²) in [6, 6.07) is 5.27. The van der Waals surface area contributed by atoms with Gasteiger partial charge in [0.1, 0.15) is 65.2 Å². The fraction of sp³-hybridized carbons (Fsp3) is 0.444. The minimum absolute atomic E-state index is 0.0158. The molecule has 2 aliphatic heterocycles. The van der Waals surface area contributed by atoms with Crippen LogP contribution in [0.3, 0.4) is 0 Å². The molecule has 0 aliphatic carbocycles. The Bertz CT molecular complexity index is 1540. The van der Waals surface area contributed by atoms with Gasteiger partial charge in [-0.3, -0.25) is 4.79 Å². The molecule has 10 atom stereocenters. The van der Waals surface area contributed by atoms with E-state index >= 15 is 0 Å². The van der Waals surface area contributed by atoms with Crippen LogP contribution >= 0.6 is 0 Å². The lowest BCUT2D eigenvalue weighted by molar-refractivity contribution is -0.202. The van der Waals surface area contributed by atoms with E-state index in [4.69, 9.17) is 23.4 Å². The maximum atomic E-state index is 13.5. The van der Waals surface area contributed by atoms with Gasteiger partial charge in [-0.05, 0) is 25.1 Å². The van der Waals surface area contributed by atoms with Gasteiger partial charge in [0.05, 0.1) is 12.7 Å². The van der Waals surface area contributed by atoms with Crippen LogP contribution in [0.4, 0.5) is 0 Å². The molecule has 0 bridgehead atoms. The topological polar surface area (TPSA) is 269 Å². The van der Waals surface area contributed by atoms with Crippen molar-refractivity contribution in [1.82, 2.24) is 0 Å². The van der Waals surface area contributed by atoms with Crippen molar-refractivity contribution in [3.05, 3.63) is 40.6 Å². The second-order valence-electron chi connectivity index (χ2n) is 10.3. The average Bonchev–Trinajstić information content (AvgIpc) is 3.39. The number of phenolic OH excluding ortho intramolecular Hbond substituents is 4. The Hall–Kier alpha value is -3.71. The van der Waals surface area contributed by atoms with E-state index < -0.39 is 108 Å². The van der Waals surface area contributed by atoms with Crippen molar-refractivity contribution in [2.24, 2.45) is 0 Å². The fourth-order valence-corrected chi connectivity index (χ4v) is 4.93. The van der Waals surface area contributed by atoms with Crippen LogP contribution in [0.15, 0.2) is 39.5 Å². The van der Waals surface area contributed by atoms with Crippen molar-refractivity contribution in [1.29, 1.82) is 0 Å². The number of hydrogen-bond acceptors (Lipinski definition) is 16. The lowest BCUT2D eigenvalue weighted by Crippen LogP contribution is -2.43. The maximum Gasteiger partial charge on any atom is 0.239 e. The van der Waals surface area contributed by atoms with Crippen LogP contribution in [0.1, 0.15) is 6.92 Å². The number of aliphatic hydroxyl groups excluding tert-OH is 6. The van der Waals surface area contributed by atoms with Crippen molar-refractivity contribution in [2.45, 2.75) is 68.3 Å². The highest BCUT2D eigenvalue weighted by Crippen LogP contribution is 2.39. The van der Waals surface area contributed by atoms with Crippen LogP contribution in [-0.4, -0.2) is 119 Å². The van der Waals surface area contributed by atoms with E-state index in [0.29, 0.717) is 0 Å². The zero-order chi connectivity index (χ0) is 31.3. The molecule has 5 rings (SSSR count). The van der Waals surface area contributed by atoms with Gasteiger partial charge in [-0.25, -0.2) is 0 Å². The van der Waals surface area contributed by atoms with Crippen LogP contribution in [0, 0.1) is 0 Å². The quantitative estimate of drug-likeness (QED) is 0.127. The first-order chi connectivity index (χ1) is 20.3. The number of benzene rings is 2. The van der Waals surface area contributed by atoms with Crippen LogP contribution < -0.4 is 10.2 Å². The lowest BCUT2D eigenvalue weighted by Gasteiger charge is -2.23. The summed E-state index contributed by atoms with van der Waals surface area (Å²) < 4.78 is 27.4. The van der Waals surface area contributed by atoms with Gasteiger partial charge in [-0.2, -0.15) is 0 Å². The molecule has 2 aliphatic rings. The van der Waals surface area contributed by atoms with Crippen molar-refractivity contribution in [2.75, 3.05) is 6.61 Å². The summed E-state index contributed by atoms with van der Waals surface area (Å²) in [5, 5.41) is 101. The summed E-state index contributed by atoms with van der Waals surface area (Å²) >= 11 is 0. The number of fused-ring (bicyclic) bond motifs is 1. The van der Waals surface area contributed by atoms with Crippen molar-refractivity contribution in [3.8, 4) is 40.1 Å². The third-order valence-electron chi connectivity index (χ3n) is 7.19. The molecular weight excluding hydrogens is 580 g/mol. The highest BCUT2D eigenvalue weighted by atomic mass is 16.7. The first-order valence-corrected chi connectivity index (χ1v) is 13.0. The van der Waals surface area contributed by atoms with E-state index in [-0.39, 0.29) is 16.9 Å². The monoisotopic (exact) mass is 610 g/mol. The molecule has 10 N–H and O–H groups in total. The molecule has 2 fully saturated rings. The molecule has 0 unspecified atom stereocenters. The summed E-state index contributed by atoms with van der Waals surface area (Å²) in [5.41, 5.74) is -1.30. The Morgan fingerprint density at radius 3 is 2.12 bits per heavy atom. The Balaban J connectivity index is 1.40. The molecule has 43 heavy (non-hydrogen) atoms. The molecule has 3 aromatic rings. The zero-order valence-electron chi connectivity index (χ0n) is 22.3. The van der Waals surface area contributed by atoms with E-state index in [0.717, 1.165) is 24.3 Å². The van der Waals surface area contributed by atoms with Gasteiger partial charge < -0.3 is 74.4 Å². The minimum atomic E-state index is -1.86. The summed E-state index contributed by atoms with van der Waals surface area (Å²) in [7, 11) is 0. The third kappa shape index (κ3) is 5.67. The normalized spacial score (nSPS) is 30.5. The number of aliphatic hydroxyl groups is 6. The van der Waals surface area contributed by atoms with Crippen molar-refractivity contribution >= 4 is 11.0 Å². The predicted octanol–water partition coefficient (Wildman–Crippen LogP) is -1.69. The molecule has 0 saturated carbocycles. The molecule has 16 nitrogen and oxygen atoms in total. The molecule has 2 aromatic carbocycles. The van der Waals surface area contributed by atoms with Gasteiger partial charge in [0.2, 0.25) is 17.5 Å². The van der Waals surface area contributed by atoms with E-state index in [2.05, 4.69) is 0 Å². The molecule has 234 valence electrons. The molecule has 2 saturated heterocycles. The molecule has 1 aromatic heterocycles. The first kappa shape index (κ1) is 30.7. The van der Waals surface area contributed by atoms with Gasteiger partial charge in [0, 0.05) is 17.7 Å².